The van der Waals surface area contributed by atoms with E-state index < -0.39 is 16.4 Å². The van der Waals surface area contributed by atoms with Crippen molar-refractivity contribution in [3.05, 3.63) is 34.1 Å². The molecule has 0 aromatic heterocycles. The van der Waals surface area contributed by atoms with Gasteiger partial charge < -0.3 is 5.32 Å². The van der Waals surface area contributed by atoms with Crippen LogP contribution in [0.15, 0.2) is 18.2 Å². The maximum atomic E-state index is 13.3. The van der Waals surface area contributed by atoms with E-state index in [1.165, 1.54) is 18.9 Å². The van der Waals surface area contributed by atoms with Gasteiger partial charge in [-0.25, -0.2) is 0 Å². The van der Waals surface area contributed by atoms with Crippen LogP contribution in [-0.4, -0.2) is 11.5 Å². The lowest BCUT2D eigenvalue weighted by Crippen LogP contribution is -2.12. The quantitative estimate of drug-likeness (QED) is 0.646. The second-order valence-electron chi connectivity index (χ2n) is 4.42. The molecule has 0 unspecified atom stereocenters. The van der Waals surface area contributed by atoms with Crippen LogP contribution in [-0.2, 0) is 0 Å². The maximum Gasteiger partial charge on any atom is 0.327 e. The molecule has 1 aliphatic carbocycles. The summed E-state index contributed by atoms with van der Waals surface area (Å²) >= 11 is 0. The van der Waals surface area contributed by atoms with Crippen LogP contribution in [0.3, 0.4) is 0 Å². The van der Waals surface area contributed by atoms with Crippen molar-refractivity contribution in [1.29, 1.82) is 0 Å². The number of para-hydroxylation sites is 1. The summed E-state index contributed by atoms with van der Waals surface area (Å²) in [6.07, 6.45) is 4.74. The third-order valence-electron chi connectivity index (χ3n) is 3.23. The molecule has 1 N–H and O–H groups in total. The zero-order valence-electron chi connectivity index (χ0n) is 9.49. The topological polar surface area (TPSA) is 55.2 Å². The lowest BCUT2D eigenvalue weighted by Gasteiger charge is -2.11. The van der Waals surface area contributed by atoms with Gasteiger partial charge in [-0.15, -0.1) is 0 Å². The highest BCUT2D eigenvalue weighted by molar-refractivity contribution is 5.61. The first-order chi connectivity index (χ1) is 8.18. The summed E-state index contributed by atoms with van der Waals surface area (Å²) < 4.78 is 13.3. The first kappa shape index (κ1) is 11.8. The maximum absolute atomic E-state index is 13.3. The van der Waals surface area contributed by atoms with E-state index in [9.17, 15) is 14.5 Å². The molecule has 1 fully saturated rings. The molecule has 1 saturated carbocycles. The lowest BCUT2D eigenvalue weighted by atomic mass is 10.1. The average Bonchev–Trinajstić information content (AvgIpc) is 2.78. The number of nitrogens with one attached hydrogen (secondary N) is 1. The highest BCUT2D eigenvalue weighted by Gasteiger charge is 2.21. The summed E-state index contributed by atoms with van der Waals surface area (Å²) in [5.74, 6) is -0.232. The molecule has 0 atom stereocenters. The predicted octanol–water partition coefficient (Wildman–Crippen LogP) is 3.34. The first-order valence-electron chi connectivity index (χ1n) is 5.85. The second kappa shape index (κ2) is 5.12. The molecule has 1 aromatic carbocycles. The Labute approximate surface area is 99.0 Å². The van der Waals surface area contributed by atoms with Crippen LogP contribution in [0.2, 0.25) is 0 Å². The average molecular weight is 238 g/mol. The molecular formula is C12H15FN2O2. The van der Waals surface area contributed by atoms with E-state index >= 15 is 0 Å². The predicted molar refractivity (Wildman–Crippen MR) is 63.5 cm³/mol. The molecule has 2 rings (SSSR count). The molecule has 0 amide bonds. The van der Waals surface area contributed by atoms with Crippen molar-refractivity contribution in [1.82, 2.24) is 0 Å². The largest absolute Gasteiger partial charge is 0.379 e. The van der Waals surface area contributed by atoms with E-state index in [2.05, 4.69) is 5.32 Å². The van der Waals surface area contributed by atoms with Crippen molar-refractivity contribution >= 4 is 11.4 Å². The molecule has 17 heavy (non-hydrogen) atoms. The molecule has 0 radical (unpaired) electrons. The molecule has 0 heterocycles. The van der Waals surface area contributed by atoms with Gasteiger partial charge in [0, 0.05) is 6.54 Å². The van der Waals surface area contributed by atoms with Gasteiger partial charge in [-0.1, -0.05) is 18.9 Å². The monoisotopic (exact) mass is 238 g/mol. The van der Waals surface area contributed by atoms with Gasteiger partial charge in [-0.2, -0.15) is 4.39 Å². The Morgan fingerprint density at radius 1 is 1.41 bits per heavy atom. The minimum Gasteiger partial charge on any atom is -0.379 e. The molecular weight excluding hydrogens is 223 g/mol. The molecule has 0 spiro atoms. The van der Waals surface area contributed by atoms with Crippen molar-refractivity contribution < 1.29 is 9.31 Å². The standard InChI is InChI=1S/C12H15FN2O2/c13-10-6-3-7-11(12(10)15(16)17)14-8-9-4-1-2-5-9/h3,6-7,9,14H,1-2,4-5,8H2. The van der Waals surface area contributed by atoms with Crippen molar-refractivity contribution in [3.63, 3.8) is 0 Å². The molecule has 1 aliphatic rings. The van der Waals surface area contributed by atoms with Crippen LogP contribution in [0.1, 0.15) is 25.7 Å². The van der Waals surface area contributed by atoms with Crippen LogP contribution >= 0.6 is 0 Å². The van der Waals surface area contributed by atoms with Crippen molar-refractivity contribution in [2.45, 2.75) is 25.7 Å². The molecule has 92 valence electrons. The molecule has 5 heteroatoms. The SMILES string of the molecule is O=[N+]([O-])c1c(F)cccc1NCC1CCCC1. The van der Waals surface area contributed by atoms with E-state index in [1.807, 2.05) is 0 Å². The van der Waals surface area contributed by atoms with E-state index in [0.29, 0.717) is 12.5 Å². The van der Waals surface area contributed by atoms with Gasteiger partial charge in [0.1, 0.15) is 5.69 Å². The third-order valence-corrected chi connectivity index (χ3v) is 3.23. The highest BCUT2D eigenvalue weighted by Crippen LogP contribution is 2.29. The number of hydrogen-bond acceptors (Lipinski definition) is 3. The van der Waals surface area contributed by atoms with Gasteiger partial charge in [0.05, 0.1) is 4.92 Å². The molecule has 4 nitrogen and oxygen atoms in total. The summed E-state index contributed by atoms with van der Waals surface area (Å²) in [5, 5.41) is 13.8. The van der Waals surface area contributed by atoms with Crippen molar-refractivity contribution in [2.24, 2.45) is 5.92 Å². The zero-order chi connectivity index (χ0) is 12.3. The Hall–Kier alpha value is -1.65. The third kappa shape index (κ3) is 2.72. The Morgan fingerprint density at radius 2 is 2.12 bits per heavy atom. The van der Waals surface area contributed by atoms with E-state index in [4.69, 9.17) is 0 Å². The van der Waals surface area contributed by atoms with Gasteiger partial charge >= 0.3 is 5.69 Å². The Balaban J connectivity index is 2.09. The fourth-order valence-corrected chi connectivity index (χ4v) is 2.31. The van der Waals surface area contributed by atoms with E-state index in [-0.39, 0.29) is 5.69 Å². The minimum atomic E-state index is -0.786. The smallest absolute Gasteiger partial charge is 0.327 e. The van der Waals surface area contributed by atoms with Crippen LogP contribution in [0.25, 0.3) is 0 Å². The summed E-state index contributed by atoms with van der Waals surface area (Å²) in [7, 11) is 0. The van der Waals surface area contributed by atoms with Gasteiger partial charge in [0.25, 0.3) is 0 Å². The van der Waals surface area contributed by atoms with Crippen LogP contribution in [0.5, 0.6) is 0 Å². The number of nitrogens with zero attached hydrogens (tertiary/aromatic N) is 1. The zero-order valence-corrected chi connectivity index (χ0v) is 9.49. The van der Waals surface area contributed by atoms with E-state index in [1.54, 1.807) is 6.07 Å². The Kier molecular flexibility index (Phi) is 3.56. The number of benzene rings is 1. The Bertz CT molecular complexity index is 417. The normalized spacial score (nSPS) is 16.1. The molecule has 0 saturated heterocycles. The van der Waals surface area contributed by atoms with Gasteiger partial charge in [0.2, 0.25) is 5.82 Å². The van der Waals surface area contributed by atoms with Crippen LogP contribution in [0, 0.1) is 21.8 Å². The highest BCUT2D eigenvalue weighted by atomic mass is 19.1. The molecule has 0 aliphatic heterocycles. The van der Waals surface area contributed by atoms with Gasteiger partial charge in [-0.3, -0.25) is 10.1 Å². The fraction of sp³-hybridized carbons (Fsp3) is 0.500. The van der Waals surface area contributed by atoms with Crippen molar-refractivity contribution in [3.8, 4) is 0 Å². The number of nitro benzene ring substituents is 1. The first-order valence-corrected chi connectivity index (χ1v) is 5.85. The number of rotatable bonds is 4. The number of hydrogen-bond donors (Lipinski definition) is 1. The second-order valence-corrected chi connectivity index (χ2v) is 4.42. The van der Waals surface area contributed by atoms with Crippen LogP contribution < -0.4 is 5.32 Å². The number of nitro groups is 1. The molecule has 0 bridgehead atoms. The van der Waals surface area contributed by atoms with Crippen molar-refractivity contribution in [2.75, 3.05) is 11.9 Å². The van der Waals surface area contributed by atoms with Crippen LogP contribution in [0.4, 0.5) is 15.8 Å². The summed E-state index contributed by atoms with van der Waals surface area (Å²) in [5.41, 5.74) is -0.174. The lowest BCUT2D eigenvalue weighted by molar-refractivity contribution is -0.386. The Morgan fingerprint density at radius 3 is 2.76 bits per heavy atom. The summed E-state index contributed by atoms with van der Waals surface area (Å²) in [6, 6.07) is 4.15. The summed E-state index contributed by atoms with van der Waals surface area (Å²) in [6.45, 7) is 0.685. The van der Waals surface area contributed by atoms with Gasteiger partial charge in [0.15, 0.2) is 0 Å². The number of halogens is 1. The number of anilines is 1. The van der Waals surface area contributed by atoms with Gasteiger partial charge in [-0.05, 0) is 30.9 Å². The minimum absolute atomic E-state index is 0.280. The molecule has 1 aromatic rings. The summed E-state index contributed by atoms with van der Waals surface area (Å²) in [4.78, 5) is 10.1. The van der Waals surface area contributed by atoms with E-state index in [0.717, 1.165) is 18.9 Å². The fourth-order valence-electron chi connectivity index (χ4n) is 2.31.